The highest BCUT2D eigenvalue weighted by molar-refractivity contribution is 5.85. The summed E-state index contributed by atoms with van der Waals surface area (Å²) in [5, 5.41) is 12.2. The second-order valence-corrected chi connectivity index (χ2v) is 6.16. The maximum Gasteiger partial charge on any atom is 0.354 e. The fourth-order valence-electron chi connectivity index (χ4n) is 3.04. The zero-order valence-electron chi connectivity index (χ0n) is 14.3. The summed E-state index contributed by atoms with van der Waals surface area (Å²) in [6.45, 7) is 6.08. The van der Waals surface area contributed by atoms with Gasteiger partial charge in [0.15, 0.2) is 5.69 Å². The first kappa shape index (κ1) is 17.2. The number of benzene rings is 1. The van der Waals surface area contributed by atoms with Crippen LogP contribution in [0.4, 0.5) is 11.5 Å². The molecule has 25 heavy (non-hydrogen) atoms. The van der Waals surface area contributed by atoms with Gasteiger partial charge in [0, 0.05) is 38.4 Å². The Morgan fingerprint density at radius 1 is 1.04 bits per heavy atom. The fraction of sp³-hybridized carbons (Fsp3) is 0.368. The van der Waals surface area contributed by atoms with Crippen LogP contribution in [0.5, 0.6) is 0 Å². The van der Waals surface area contributed by atoms with Crippen molar-refractivity contribution in [1.82, 2.24) is 9.88 Å². The molecule has 0 bridgehead atoms. The minimum absolute atomic E-state index is 0.0713. The molecule has 0 amide bonds. The zero-order chi connectivity index (χ0) is 17.5. The van der Waals surface area contributed by atoms with E-state index in [1.807, 2.05) is 6.07 Å². The molecule has 1 aromatic heterocycles. The topological polar surface area (TPSA) is 68.7 Å². The lowest BCUT2D eigenvalue weighted by Crippen LogP contribution is -2.46. The van der Waals surface area contributed by atoms with Gasteiger partial charge in [-0.3, -0.25) is 4.90 Å². The number of carboxylic acids is 1. The molecule has 0 unspecified atom stereocenters. The van der Waals surface area contributed by atoms with Crippen molar-refractivity contribution in [1.29, 1.82) is 0 Å². The molecule has 0 saturated carbocycles. The first-order chi connectivity index (χ1) is 12.2. The highest BCUT2D eigenvalue weighted by atomic mass is 16.4. The first-order valence-corrected chi connectivity index (χ1v) is 8.69. The second-order valence-electron chi connectivity index (χ2n) is 6.16. The third kappa shape index (κ3) is 4.93. The number of rotatable bonds is 7. The number of nitrogens with one attached hydrogen (secondary N) is 1. The van der Waals surface area contributed by atoms with Gasteiger partial charge in [0.2, 0.25) is 0 Å². The van der Waals surface area contributed by atoms with Crippen LogP contribution in [0, 0.1) is 0 Å². The largest absolute Gasteiger partial charge is 0.477 e. The molecule has 0 atom stereocenters. The van der Waals surface area contributed by atoms with Crippen LogP contribution in [0.3, 0.4) is 0 Å². The SMILES string of the molecule is O=C(O)c1cccc(NCCCN2CCN(c3ccccc3)CC2)n1. The summed E-state index contributed by atoms with van der Waals surface area (Å²) in [5.74, 6) is -0.381. The summed E-state index contributed by atoms with van der Waals surface area (Å²) < 4.78 is 0. The molecule has 2 aromatic rings. The molecule has 132 valence electrons. The summed E-state index contributed by atoms with van der Waals surface area (Å²) in [5.41, 5.74) is 1.37. The highest BCUT2D eigenvalue weighted by Crippen LogP contribution is 2.15. The number of carbonyl (C=O) groups is 1. The maximum absolute atomic E-state index is 10.9. The molecular weight excluding hydrogens is 316 g/mol. The molecule has 1 saturated heterocycles. The lowest BCUT2D eigenvalue weighted by molar-refractivity contribution is 0.0690. The van der Waals surface area contributed by atoms with E-state index in [1.165, 1.54) is 11.8 Å². The summed E-state index contributed by atoms with van der Waals surface area (Å²) in [6, 6.07) is 15.6. The van der Waals surface area contributed by atoms with E-state index < -0.39 is 5.97 Å². The molecule has 6 nitrogen and oxygen atoms in total. The van der Waals surface area contributed by atoms with Crippen molar-refractivity contribution in [3.8, 4) is 0 Å². The Morgan fingerprint density at radius 3 is 2.52 bits per heavy atom. The van der Waals surface area contributed by atoms with Gasteiger partial charge in [-0.2, -0.15) is 0 Å². The van der Waals surface area contributed by atoms with Crippen molar-refractivity contribution < 1.29 is 9.90 Å². The standard InChI is InChI=1S/C19H24N4O2/c24-19(25)17-8-4-9-18(21-17)20-10-5-11-22-12-14-23(15-13-22)16-6-2-1-3-7-16/h1-4,6-9H,5,10-15H2,(H,20,21)(H,24,25). The fourth-order valence-corrected chi connectivity index (χ4v) is 3.04. The second kappa shape index (κ2) is 8.48. The lowest BCUT2D eigenvalue weighted by atomic mass is 10.2. The van der Waals surface area contributed by atoms with Crippen molar-refractivity contribution in [2.75, 3.05) is 49.5 Å². The Balaban J connectivity index is 1.36. The number of hydrogen-bond acceptors (Lipinski definition) is 5. The van der Waals surface area contributed by atoms with Crippen LogP contribution < -0.4 is 10.2 Å². The number of para-hydroxylation sites is 1. The van der Waals surface area contributed by atoms with Crippen LogP contribution in [0.2, 0.25) is 0 Å². The van der Waals surface area contributed by atoms with Crippen molar-refractivity contribution in [3.63, 3.8) is 0 Å². The number of anilines is 2. The number of aromatic carboxylic acids is 1. The molecule has 1 aliphatic rings. The van der Waals surface area contributed by atoms with Crippen molar-refractivity contribution in [2.45, 2.75) is 6.42 Å². The molecular formula is C19H24N4O2. The Kier molecular flexibility index (Phi) is 5.85. The molecule has 1 aromatic carbocycles. The van der Waals surface area contributed by atoms with E-state index in [9.17, 15) is 4.79 Å². The van der Waals surface area contributed by atoms with Crippen molar-refractivity contribution >= 4 is 17.5 Å². The van der Waals surface area contributed by atoms with E-state index >= 15 is 0 Å². The van der Waals surface area contributed by atoms with E-state index in [-0.39, 0.29) is 5.69 Å². The Hall–Kier alpha value is -2.60. The van der Waals surface area contributed by atoms with Gasteiger partial charge in [0.05, 0.1) is 0 Å². The zero-order valence-corrected chi connectivity index (χ0v) is 14.3. The number of hydrogen-bond donors (Lipinski definition) is 2. The van der Waals surface area contributed by atoms with Crippen LogP contribution in [-0.4, -0.2) is 60.2 Å². The molecule has 3 rings (SSSR count). The maximum atomic E-state index is 10.9. The molecule has 2 heterocycles. The average molecular weight is 340 g/mol. The van der Waals surface area contributed by atoms with E-state index in [0.717, 1.165) is 45.7 Å². The van der Waals surface area contributed by atoms with Crippen LogP contribution in [-0.2, 0) is 0 Å². The van der Waals surface area contributed by atoms with E-state index in [2.05, 4.69) is 44.4 Å². The first-order valence-electron chi connectivity index (χ1n) is 8.69. The van der Waals surface area contributed by atoms with Crippen LogP contribution in [0.15, 0.2) is 48.5 Å². The van der Waals surface area contributed by atoms with Gasteiger partial charge < -0.3 is 15.3 Å². The molecule has 2 N–H and O–H groups in total. The van der Waals surface area contributed by atoms with E-state index in [0.29, 0.717) is 5.82 Å². The lowest BCUT2D eigenvalue weighted by Gasteiger charge is -2.36. The van der Waals surface area contributed by atoms with Crippen LogP contribution in [0.1, 0.15) is 16.9 Å². The number of nitrogens with zero attached hydrogens (tertiary/aromatic N) is 3. The van der Waals surface area contributed by atoms with Gasteiger partial charge in [-0.05, 0) is 37.2 Å². The van der Waals surface area contributed by atoms with Crippen LogP contribution in [0.25, 0.3) is 0 Å². The summed E-state index contributed by atoms with van der Waals surface area (Å²) in [7, 11) is 0. The molecule has 0 aliphatic carbocycles. The minimum Gasteiger partial charge on any atom is -0.477 e. The predicted octanol–water partition coefficient (Wildman–Crippen LogP) is 2.40. The summed E-state index contributed by atoms with van der Waals surface area (Å²) in [4.78, 5) is 19.9. The summed E-state index contributed by atoms with van der Waals surface area (Å²) >= 11 is 0. The monoisotopic (exact) mass is 340 g/mol. The molecule has 0 radical (unpaired) electrons. The van der Waals surface area contributed by atoms with Crippen molar-refractivity contribution in [2.24, 2.45) is 0 Å². The van der Waals surface area contributed by atoms with Crippen molar-refractivity contribution in [3.05, 3.63) is 54.2 Å². The van der Waals surface area contributed by atoms with Gasteiger partial charge in [0.1, 0.15) is 5.82 Å². The van der Waals surface area contributed by atoms with Gasteiger partial charge in [-0.15, -0.1) is 0 Å². The Bertz CT molecular complexity index is 685. The number of pyridine rings is 1. The van der Waals surface area contributed by atoms with Crippen LogP contribution >= 0.6 is 0 Å². The molecule has 1 aliphatic heterocycles. The molecule has 0 spiro atoms. The summed E-state index contributed by atoms with van der Waals surface area (Å²) in [6.07, 6.45) is 1.00. The van der Waals surface area contributed by atoms with Gasteiger partial charge in [-0.1, -0.05) is 24.3 Å². The third-order valence-electron chi connectivity index (χ3n) is 4.42. The molecule has 6 heteroatoms. The Labute approximate surface area is 148 Å². The number of piperazine rings is 1. The molecule has 1 fully saturated rings. The smallest absolute Gasteiger partial charge is 0.354 e. The Morgan fingerprint density at radius 2 is 1.80 bits per heavy atom. The van der Waals surface area contributed by atoms with Gasteiger partial charge in [-0.25, -0.2) is 9.78 Å². The number of carboxylic acid groups (broad SMARTS) is 1. The normalized spacial score (nSPS) is 15.1. The number of aromatic nitrogens is 1. The van der Waals surface area contributed by atoms with Gasteiger partial charge >= 0.3 is 5.97 Å². The highest BCUT2D eigenvalue weighted by Gasteiger charge is 2.16. The third-order valence-corrected chi connectivity index (χ3v) is 4.42. The van der Waals surface area contributed by atoms with Gasteiger partial charge in [0.25, 0.3) is 0 Å². The predicted molar refractivity (Wildman–Crippen MR) is 99.4 cm³/mol. The quantitative estimate of drug-likeness (QED) is 0.755. The van der Waals surface area contributed by atoms with E-state index in [4.69, 9.17) is 5.11 Å². The average Bonchev–Trinajstić information content (AvgIpc) is 2.67. The minimum atomic E-state index is -1.00. The van der Waals surface area contributed by atoms with E-state index in [1.54, 1.807) is 12.1 Å².